The molecule has 0 saturated carbocycles. The van der Waals surface area contributed by atoms with Crippen molar-refractivity contribution in [2.75, 3.05) is 11.9 Å². The Kier molecular flexibility index (Phi) is 5.63. The molecule has 1 aromatic carbocycles. The molecule has 28 heavy (non-hydrogen) atoms. The molecule has 7 heteroatoms. The minimum atomic E-state index is -0.0587. The van der Waals surface area contributed by atoms with Gasteiger partial charge in [-0.25, -0.2) is 9.97 Å². The number of hydrogen-bond acceptors (Lipinski definition) is 5. The van der Waals surface area contributed by atoms with Crippen LogP contribution in [-0.2, 0) is 6.42 Å². The summed E-state index contributed by atoms with van der Waals surface area (Å²) in [6, 6.07) is 14.2. The predicted molar refractivity (Wildman–Crippen MR) is 113 cm³/mol. The first kappa shape index (κ1) is 18.2. The number of hydrogen-bond donors (Lipinski definition) is 3. The molecule has 3 aromatic heterocycles. The normalized spacial score (nSPS) is 10.9. The summed E-state index contributed by atoms with van der Waals surface area (Å²) in [6.45, 7) is 0.665. The molecule has 0 spiro atoms. The molecular weight excluding hydrogens is 370 g/mol. The fourth-order valence-electron chi connectivity index (χ4n) is 3.06. The number of carbonyl (C=O) groups is 1. The molecule has 0 unspecified atom stereocenters. The monoisotopic (exact) mass is 391 g/mol. The number of anilines is 2. The van der Waals surface area contributed by atoms with Gasteiger partial charge in [-0.05, 0) is 42.3 Å². The molecule has 0 atom stereocenters. The van der Waals surface area contributed by atoms with E-state index in [0.29, 0.717) is 17.2 Å². The van der Waals surface area contributed by atoms with E-state index in [1.165, 1.54) is 23.2 Å². The van der Waals surface area contributed by atoms with Gasteiger partial charge in [0.1, 0.15) is 22.7 Å². The third-order valence-electron chi connectivity index (χ3n) is 4.50. The third-order valence-corrected chi connectivity index (χ3v) is 5.41. The Labute approximate surface area is 167 Å². The van der Waals surface area contributed by atoms with E-state index in [9.17, 15) is 4.79 Å². The molecule has 3 heterocycles. The number of unbranched alkanes of at least 4 members (excludes halogenated alkanes) is 1. The highest BCUT2D eigenvalue weighted by atomic mass is 32.1. The topological polar surface area (TPSA) is 82.7 Å². The molecule has 0 bridgehead atoms. The van der Waals surface area contributed by atoms with E-state index in [0.717, 1.165) is 36.0 Å². The maximum absolute atomic E-state index is 12.6. The number of nitrogens with one attached hydrogen (secondary N) is 3. The Morgan fingerprint density at radius 2 is 1.96 bits per heavy atom. The molecule has 4 rings (SSSR count). The van der Waals surface area contributed by atoms with Crippen molar-refractivity contribution in [2.45, 2.75) is 19.3 Å². The van der Waals surface area contributed by atoms with Crippen LogP contribution in [0.3, 0.4) is 0 Å². The van der Waals surface area contributed by atoms with Crippen molar-refractivity contribution in [3.8, 4) is 0 Å². The second-order valence-electron chi connectivity index (χ2n) is 6.45. The smallest absolute Gasteiger partial charge is 0.263 e. The largest absolute Gasteiger partial charge is 0.351 e. The highest BCUT2D eigenvalue weighted by Gasteiger charge is 2.14. The van der Waals surface area contributed by atoms with Crippen molar-refractivity contribution in [1.29, 1.82) is 0 Å². The van der Waals surface area contributed by atoms with Crippen LogP contribution in [0.1, 0.15) is 28.1 Å². The summed E-state index contributed by atoms with van der Waals surface area (Å²) in [7, 11) is 0. The van der Waals surface area contributed by atoms with Gasteiger partial charge in [0.05, 0.1) is 11.1 Å². The van der Waals surface area contributed by atoms with Crippen LogP contribution in [0.2, 0.25) is 0 Å². The van der Waals surface area contributed by atoms with E-state index < -0.39 is 0 Å². The van der Waals surface area contributed by atoms with Crippen LogP contribution in [0.25, 0.3) is 11.0 Å². The molecule has 3 N–H and O–H groups in total. The molecular formula is C21H21N5OS. The average molecular weight is 392 g/mol. The lowest BCUT2D eigenvalue weighted by molar-refractivity contribution is 0.0958. The van der Waals surface area contributed by atoms with Crippen LogP contribution in [-0.4, -0.2) is 27.4 Å². The number of aromatic nitrogens is 3. The summed E-state index contributed by atoms with van der Waals surface area (Å²) >= 11 is 1.42. The van der Waals surface area contributed by atoms with Gasteiger partial charge >= 0.3 is 0 Å². The lowest BCUT2D eigenvalue weighted by Gasteiger charge is -2.08. The maximum Gasteiger partial charge on any atom is 0.263 e. The van der Waals surface area contributed by atoms with E-state index in [2.05, 4.69) is 49.9 Å². The Hall–Kier alpha value is -3.19. The first-order chi connectivity index (χ1) is 13.8. The molecule has 4 aromatic rings. The fraction of sp³-hybridized carbons (Fsp3) is 0.190. The Morgan fingerprint density at radius 3 is 2.86 bits per heavy atom. The van der Waals surface area contributed by atoms with Crippen molar-refractivity contribution in [3.05, 3.63) is 70.8 Å². The van der Waals surface area contributed by atoms with Gasteiger partial charge in [-0.15, -0.1) is 11.3 Å². The predicted octanol–water partition coefficient (Wildman–Crippen LogP) is 4.52. The second-order valence-corrected chi connectivity index (χ2v) is 7.37. The standard InChI is InChI=1S/C21H21N5OS/c27-21(23-11-5-4-8-15-6-2-1-3-7-15)18-17(10-13-28-18)26-20-16-9-12-22-19(16)24-14-25-20/h1-3,6-7,9-10,12-14H,4-5,8,11H2,(H,23,27)(H2,22,24,25,26). The van der Waals surface area contributed by atoms with E-state index in [-0.39, 0.29) is 5.91 Å². The molecule has 1 amide bonds. The van der Waals surface area contributed by atoms with Crippen LogP contribution < -0.4 is 10.6 Å². The number of amides is 1. The quantitative estimate of drug-likeness (QED) is 0.386. The van der Waals surface area contributed by atoms with Crippen LogP contribution >= 0.6 is 11.3 Å². The van der Waals surface area contributed by atoms with Crippen molar-refractivity contribution >= 4 is 39.8 Å². The summed E-state index contributed by atoms with van der Waals surface area (Å²) in [5.74, 6) is 0.623. The van der Waals surface area contributed by atoms with Gasteiger partial charge in [0.15, 0.2) is 0 Å². The number of aryl methyl sites for hydroxylation is 1. The van der Waals surface area contributed by atoms with Crippen LogP contribution in [0, 0.1) is 0 Å². The first-order valence-corrected chi connectivity index (χ1v) is 10.1. The number of carbonyl (C=O) groups excluding carboxylic acids is 1. The fourth-order valence-corrected chi connectivity index (χ4v) is 3.83. The van der Waals surface area contributed by atoms with Gasteiger partial charge < -0.3 is 15.6 Å². The van der Waals surface area contributed by atoms with Gasteiger partial charge in [-0.2, -0.15) is 0 Å². The third kappa shape index (κ3) is 4.20. The van der Waals surface area contributed by atoms with Crippen molar-refractivity contribution in [1.82, 2.24) is 20.3 Å². The van der Waals surface area contributed by atoms with E-state index in [4.69, 9.17) is 0 Å². The summed E-state index contributed by atoms with van der Waals surface area (Å²) in [6.07, 6.45) is 6.35. The van der Waals surface area contributed by atoms with Gasteiger partial charge in [-0.1, -0.05) is 30.3 Å². The minimum Gasteiger partial charge on any atom is -0.351 e. The zero-order valence-corrected chi connectivity index (χ0v) is 16.1. The number of rotatable bonds is 8. The summed E-state index contributed by atoms with van der Waals surface area (Å²) in [4.78, 5) is 24.8. The van der Waals surface area contributed by atoms with Crippen LogP contribution in [0.4, 0.5) is 11.5 Å². The highest BCUT2D eigenvalue weighted by Crippen LogP contribution is 2.28. The van der Waals surface area contributed by atoms with Gasteiger partial charge in [0.25, 0.3) is 5.91 Å². The average Bonchev–Trinajstić information content (AvgIpc) is 3.38. The number of fused-ring (bicyclic) bond motifs is 1. The van der Waals surface area contributed by atoms with Crippen molar-refractivity contribution in [2.24, 2.45) is 0 Å². The maximum atomic E-state index is 12.6. The summed E-state index contributed by atoms with van der Waals surface area (Å²) in [5.41, 5.74) is 2.85. The van der Waals surface area contributed by atoms with Crippen molar-refractivity contribution in [3.63, 3.8) is 0 Å². The van der Waals surface area contributed by atoms with E-state index in [1.807, 2.05) is 29.8 Å². The first-order valence-electron chi connectivity index (χ1n) is 9.26. The van der Waals surface area contributed by atoms with Gasteiger partial charge in [0, 0.05) is 12.7 Å². The molecule has 6 nitrogen and oxygen atoms in total. The van der Waals surface area contributed by atoms with Gasteiger partial charge in [-0.3, -0.25) is 4.79 Å². The van der Waals surface area contributed by atoms with E-state index >= 15 is 0 Å². The highest BCUT2D eigenvalue weighted by molar-refractivity contribution is 7.12. The molecule has 0 aliphatic heterocycles. The Bertz CT molecular complexity index is 1060. The zero-order chi connectivity index (χ0) is 19.2. The Morgan fingerprint density at radius 1 is 1.07 bits per heavy atom. The summed E-state index contributed by atoms with van der Waals surface area (Å²) in [5, 5.41) is 9.08. The molecule has 0 fully saturated rings. The van der Waals surface area contributed by atoms with Gasteiger partial charge in [0.2, 0.25) is 0 Å². The zero-order valence-electron chi connectivity index (χ0n) is 15.3. The van der Waals surface area contributed by atoms with Crippen LogP contribution in [0.5, 0.6) is 0 Å². The summed E-state index contributed by atoms with van der Waals surface area (Å²) < 4.78 is 0. The van der Waals surface area contributed by atoms with E-state index in [1.54, 1.807) is 0 Å². The molecule has 0 aliphatic rings. The number of benzene rings is 1. The molecule has 0 radical (unpaired) electrons. The SMILES string of the molecule is O=C(NCCCCc1ccccc1)c1sccc1Nc1ncnc2[nH]ccc12. The second kappa shape index (κ2) is 8.67. The Balaban J connectivity index is 1.32. The number of aromatic amines is 1. The van der Waals surface area contributed by atoms with Crippen molar-refractivity contribution < 1.29 is 4.79 Å². The number of thiophene rings is 1. The molecule has 0 saturated heterocycles. The van der Waals surface area contributed by atoms with Crippen LogP contribution in [0.15, 0.2) is 60.4 Å². The lowest BCUT2D eigenvalue weighted by Crippen LogP contribution is -2.24. The lowest BCUT2D eigenvalue weighted by atomic mass is 10.1. The molecule has 0 aliphatic carbocycles. The molecule has 142 valence electrons. The number of H-pyrrole nitrogens is 1. The number of nitrogens with zero attached hydrogens (tertiary/aromatic N) is 2. The minimum absolute atomic E-state index is 0.0587.